The average Bonchev–Trinajstić information content (AvgIpc) is 2.71. The fraction of sp³-hybridized carbons (Fsp3) is 0.769. The third-order valence-corrected chi connectivity index (χ3v) is 3.18. The molecule has 106 valence electrons. The van der Waals surface area contributed by atoms with Crippen molar-refractivity contribution in [3.8, 4) is 0 Å². The first-order chi connectivity index (χ1) is 9.10. The highest BCUT2D eigenvalue weighted by Crippen LogP contribution is 2.26. The second kappa shape index (κ2) is 6.14. The van der Waals surface area contributed by atoms with E-state index in [1.165, 1.54) is 0 Å². The van der Waals surface area contributed by atoms with Gasteiger partial charge < -0.3 is 14.2 Å². The Morgan fingerprint density at radius 1 is 1.53 bits per heavy atom. The predicted molar refractivity (Wildman–Crippen MR) is 68.7 cm³/mol. The molecule has 0 saturated carbocycles. The minimum absolute atomic E-state index is 0.194. The van der Waals surface area contributed by atoms with Crippen LogP contribution in [0.2, 0.25) is 0 Å². The van der Waals surface area contributed by atoms with E-state index in [9.17, 15) is 4.79 Å². The zero-order valence-corrected chi connectivity index (χ0v) is 11.8. The number of nitrogens with zero attached hydrogens (tertiary/aromatic N) is 3. The van der Waals surface area contributed by atoms with Gasteiger partial charge in [-0.1, -0.05) is 19.0 Å². The van der Waals surface area contributed by atoms with Gasteiger partial charge in [-0.15, -0.1) is 0 Å². The quantitative estimate of drug-likeness (QED) is 0.775. The lowest BCUT2D eigenvalue weighted by Gasteiger charge is -2.37. The molecule has 2 heterocycles. The number of hydrogen-bond donors (Lipinski definition) is 0. The van der Waals surface area contributed by atoms with Crippen LogP contribution in [0.5, 0.6) is 0 Å². The van der Waals surface area contributed by atoms with Gasteiger partial charge in [0.2, 0.25) is 11.8 Å². The molecule has 0 aromatic carbocycles. The van der Waals surface area contributed by atoms with Crippen molar-refractivity contribution in [1.82, 2.24) is 15.0 Å². The summed E-state index contributed by atoms with van der Waals surface area (Å²) in [6.45, 7) is 6.07. The number of methoxy groups -OCH3 is 1. The molecule has 0 radical (unpaired) electrons. The van der Waals surface area contributed by atoms with Crippen molar-refractivity contribution < 1.29 is 14.1 Å². The summed E-state index contributed by atoms with van der Waals surface area (Å²) in [7, 11) is 1.64. The zero-order valence-electron chi connectivity index (χ0n) is 11.8. The molecule has 1 aromatic heterocycles. The number of hydrogen-bond acceptors (Lipinski definition) is 5. The molecule has 1 aliphatic rings. The van der Waals surface area contributed by atoms with E-state index in [-0.39, 0.29) is 11.8 Å². The normalized spacial score (nSPS) is 15.9. The van der Waals surface area contributed by atoms with Gasteiger partial charge >= 0.3 is 0 Å². The van der Waals surface area contributed by atoms with Crippen LogP contribution in [0.3, 0.4) is 0 Å². The summed E-state index contributed by atoms with van der Waals surface area (Å²) in [5.74, 6) is 2.12. The number of amides is 1. The molecule has 0 spiro atoms. The minimum Gasteiger partial charge on any atom is -0.384 e. The molecule has 0 bridgehead atoms. The summed E-state index contributed by atoms with van der Waals surface area (Å²) in [5, 5.41) is 3.91. The molecular weight excluding hydrogens is 246 g/mol. The Balaban J connectivity index is 1.80. The molecule has 1 fully saturated rings. The second-order valence-corrected chi connectivity index (χ2v) is 5.39. The Kier molecular flexibility index (Phi) is 4.52. The molecule has 0 unspecified atom stereocenters. The van der Waals surface area contributed by atoms with Crippen molar-refractivity contribution in [2.75, 3.05) is 26.8 Å². The highest BCUT2D eigenvalue weighted by Gasteiger charge is 2.35. The highest BCUT2D eigenvalue weighted by atomic mass is 16.5. The molecule has 1 amide bonds. The van der Waals surface area contributed by atoms with Crippen molar-refractivity contribution in [2.45, 2.75) is 32.6 Å². The average molecular weight is 267 g/mol. The number of ether oxygens (including phenoxy) is 1. The van der Waals surface area contributed by atoms with Crippen LogP contribution in [0, 0.1) is 5.92 Å². The van der Waals surface area contributed by atoms with Crippen molar-refractivity contribution in [3.63, 3.8) is 0 Å². The molecule has 0 aliphatic carbocycles. The van der Waals surface area contributed by atoms with Gasteiger partial charge in [0.1, 0.15) is 0 Å². The summed E-state index contributed by atoms with van der Waals surface area (Å²) in [6, 6.07) is 0. The number of rotatable bonds is 6. The minimum atomic E-state index is 0.194. The predicted octanol–water partition coefficient (Wildman–Crippen LogP) is 1.23. The fourth-order valence-corrected chi connectivity index (χ4v) is 2.04. The van der Waals surface area contributed by atoms with Gasteiger partial charge in [0, 0.05) is 33.0 Å². The van der Waals surface area contributed by atoms with Crippen LogP contribution in [-0.4, -0.2) is 47.8 Å². The highest BCUT2D eigenvalue weighted by molar-refractivity contribution is 5.77. The van der Waals surface area contributed by atoms with Gasteiger partial charge in [0.25, 0.3) is 0 Å². The molecule has 19 heavy (non-hydrogen) atoms. The van der Waals surface area contributed by atoms with E-state index >= 15 is 0 Å². The maximum atomic E-state index is 11.8. The van der Waals surface area contributed by atoms with Gasteiger partial charge in [0.05, 0.1) is 12.5 Å². The maximum Gasteiger partial charge on any atom is 0.233 e. The molecule has 6 heteroatoms. The Hall–Kier alpha value is -1.43. The molecule has 6 nitrogen and oxygen atoms in total. The van der Waals surface area contributed by atoms with Crippen molar-refractivity contribution in [1.29, 1.82) is 0 Å². The van der Waals surface area contributed by atoms with Crippen LogP contribution in [0.25, 0.3) is 0 Å². The van der Waals surface area contributed by atoms with E-state index in [4.69, 9.17) is 9.26 Å². The maximum absolute atomic E-state index is 11.8. The lowest BCUT2D eigenvalue weighted by molar-refractivity contribution is -0.136. The summed E-state index contributed by atoms with van der Waals surface area (Å²) in [4.78, 5) is 18.0. The first-order valence-corrected chi connectivity index (χ1v) is 6.69. The Morgan fingerprint density at radius 3 is 2.89 bits per heavy atom. The van der Waals surface area contributed by atoms with E-state index in [2.05, 4.69) is 24.0 Å². The van der Waals surface area contributed by atoms with E-state index < -0.39 is 0 Å². The molecule has 1 aliphatic heterocycles. The van der Waals surface area contributed by atoms with Gasteiger partial charge in [-0.2, -0.15) is 4.98 Å². The Morgan fingerprint density at radius 2 is 2.26 bits per heavy atom. The van der Waals surface area contributed by atoms with Crippen LogP contribution < -0.4 is 0 Å². The van der Waals surface area contributed by atoms with Crippen LogP contribution in [0.1, 0.15) is 37.9 Å². The monoisotopic (exact) mass is 267 g/mol. The zero-order chi connectivity index (χ0) is 13.8. The lowest BCUT2D eigenvalue weighted by atomic mass is 9.98. The summed E-state index contributed by atoms with van der Waals surface area (Å²) in [5.41, 5.74) is 0. The number of carbonyl (C=O) groups is 1. The van der Waals surface area contributed by atoms with E-state index in [1.807, 2.05) is 4.90 Å². The second-order valence-electron chi connectivity index (χ2n) is 5.39. The Bertz CT molecular complexity index is 425. The van der Waals surface area contributed by atoms with Crippen molar-refractivity contribution in [3.05, 3.63) is 11.7 Å². The molecule has 0 atom stereocenters. The number of carbonyl (C=O) groups excluding carboxylic acids is 1. The van der Waals surface area contributed by atoms with Crippen molar-refractivity contribution >= 4 is 5.91 Å². The topological polar surface area (TPSA) is 68.5 Å². The molecule has 2 rings (SSSR count). The number of aromatic nitrogens is 2. The van der Waals surface area contributed by atoms with Crippen molar-refractivity contribution in [2.24, 2.45) is 5.92 Å². The summed E-state index contributed by atoms with van der Waals surface area (Å²) < 4.78 is 10.2. The summed E-state index contributed by atoms with van der Waals surface area (Å²) in [6.07, 6.45) is 1.26. The van der Waals surface area contributed by atoms with E-state index in [0.29, 0.717) is 50.2 Å². The van der Waals surface area contributed by atoms with Crippen LogP contribution in [-0.2, 0) is 16.0 Å². The first kappa shape index (κ1) is 14.0. The van der Waals surface area contributed by atoms with Crippen LogP contribution >= 0.6 is 0 Å². The fourth-order valence-electron chi connectivity index (χ4n) is 2.04. The molecular formula is C13H21N3O3. The van der Waals surface area contributed by atoms with Gasteiger partial charge in [-0.3, -0.25) is 4.79 Å². The van der Waals surface area contributed by atoms with Gasteiger partial charge in [0.15, 0.2) is 5.82 Å². The summed E-state index contributed by atoms with van der Waals surface area (Å²) >= 11 is 0. The molecule has 1 aromatic rings. The van der Waals surface area contributed by atoms with E-state index in [1.54, 1.807) is 7.11 Å². The Labute approximate surface area is 113 Å². The SMILES string of the molecule is COCCc1noc(C2CN(C(=O)CC(C)C)C2)n1. The number of likely N-dealkylation sites (tertiary alicyclic amines) is 1. The lowest BCUT2D eigenvalue weighted by Crippen LogP contribution is -2.48. The van der Waals surface area contributed by atoms with Gasteiger partial charge in [-0.05, 0) is 5.92 Å². The first-order valence-electron chi connectivity index (χ1n) is 6.69. The largest absolute Gasteiger partial charge is 0.384 e. The smallest absolute Gasteiger partial charge is 0.233 e. The molecule has 1 saturated heterocycles. The molecule has 0 N–H and O–H groups in total. The van der Waals surface area contributed by atoms with Gasteiger partial charge in [-0.25, -0.2) is 0 Å². The standard InChI is InChI=1S/C13H21N3O3/c1-9(2)6-12(17)16-7-10(8-16)13-14-11(15-19-13)4-5-18-3/h9-10H,4-8H2,1-3H3. The third-order valence-electron chi connectivity index (χ3n) is 3.18. The van der Waals surface area contributed by atoms with E-state index in [0.717, 1.165) is 0 Å². The van der Waals surface area contributed by atoms with Crippen LogP contribution in [0.15, 0.2) is 4.52 Å². The van der Waals surface area contributed by atoms with Crippen LogP contribution in [0.4, 0.5) is 0 Å². The third kappa shape index (κ3) is 3.53.